The molecule has 4 heteroatoms. The molecule has 18 heavy (non-hydrogen) atoms. The zero-order valence-corrected chi connectivity index (χ0v) is 11.3. The van der Waals surface area contributed by atoms with E-state index in [9.17, 15) is 4.79 Å². The Bertz CT molecular complexity index is 576. The van der Waals surface area contributed by atoms with E-state index in [0.717, 1.165) is 11.3 Å². The van der Waals surface area contributed by atoms with E-state index < -0.39 is 5.97 Å². The first-order valence-corrected chi connectivity index (χ1v) is 6.13. The van der Waals surface area contributed by atoms with Gasteiger partial charge in [0.2, 0.25) is 0 Å². The van der Waals surface area contributed by atoms with Crippen LogP contribution >= 0.6 is 15.9 Å². The van der Waals surface area contributed by atoms with Crippen LogP contribution in [-0.2, 0) is 0 Å². The third-order valence-electron chi connectivity index (χ3n) is 2.43. The number of carboxylic acids is 1. The van der Waals surface area contributed by atoms with Crippen molar-refractivity contribution in [1.82, 2.24) is 0 Å². The van der Waals surface area contributed by atoms with Gasteiger partial charge >= 0.3 is 5.97 Å². The summed E-state index contributed by atoms with van der Waals surface area (Å²) in [6.07, 6.45) is 0. The van der Waals surface area contributed by atoms with Crippen molar-refractivity contribution in [2.24, 2.45) is 0 Å². The number of halogens is 1. The van der Waals surface area contributed by atoms with Crippen LogP contribution in [-0.4, -0.2) is 11.1 Å². The van der Waals surface area contributed by atoms with E-state index in [-0.39, 0.29) is 5.56 Å². The number of benzene rings is 2. The summed E-state index contributed by atoms with van der Waals surface area (Å²) >= 11 is 3.21. The molecule has 0 saturated carbocycles. The van der Waals surface area contributed by atoms with Crippen LogP contribution in [0.5, 0.6) is 11.5 Å². The first-order chi connectivity index (χ1) is 8.56. The Kier molecular flexibility index (Phi) is 3.67. The maximum atomic E-state index is 10.9. The highest BCUT2D eigenvalue weighted by Gasteiger charge is 2.09. The molecule has 0 unspecified atom stereocenters. The quantitative estimate of drug-likeness (QED) is 0.922. The van der Waals surface area contributed by atoms with Crippen molar-refractivity contribution in [3.63, 3.8) is 0 Å². The molecule has 0 radical (unpaired) electrons. The van der Waals surface area contributed by atoms with Crippen molar-refractivity contribution in [3.05, 3.63) is 58.1 Å². The summed E-state index contributed by atoms with van der Waals surface area (Å²) in [5.74, 6) is 0.343. The second kappa shape index (κ2) is 5.23. The molecule has 1 N–H and O–H groups in total. The number of hydrogen-bond donors (Lipinski definition) is 1. The van der Waals surface area contributed by atoms with Gasteiger partial charge in [0.05, 0.1) is 5.56 Å². The zero-order valence-electron chi connectivity index (χ0n) is 9.68. The minimum atomic E-state index is -0.969. The van der Waals surface area contributed by atoms with Gasteiger partial charge in [-0.05, 0) is 53.2 Å². The van der Waals surface area contributed by atoms with Crippen molar-refractivity contribution in [1.29, 1.82) is 0 Å². The second-order valence-electron chi connectivity index (χ2n) is 3.86. The van der Waals surface area contributed by atoms with Gasteiger partial charge in [-0.15, -0.1) is 0 Å². The van der Waals surface area contributed by atoms with E-state index in [2.05, 4.69) is 15.9 Å². The van der Waals surface area contributed by atoms with Gasteiger partial charge in [0.1, 0.15) is 11.5 Å². The van der Waals surface area contributed by atoms with Crippen molar-refractivity contribution in [3.8, 4) is 11.5 Å². The lowest BCUT2D eigenvalue weighted by atomic mass is 10.2. The van der Waals surface area contributed by atoms with E-state index >= 15 is 0 Å². The van der Waals surface area contributed by atoms with E-state index in [1.165, 1.54) is 6.07 Å². The Morgan fingerprint density at radius 2 is 1.72 bits per heavy atom. The summed E-state index contributed by atoms with van der Waals surface area (Å²) in [4.78, 5) is 10.9. The lowest BCUT2D eigenvalue weighted by Gasteiger charge is -2.07. The third kappa shape index (κ3) is 2.90. The summed E-state index contributed by atoms with van der Waals surface area (Å²) < 4.78 is 6.13. The average Bonchev–Trinajstić information content (AvgIpc) is 2.32. The maximum Gasteiger partial charge on any atom is 0.336 e. The molecule has 0 fully saturated rings. The lowest BCUT2D eigenvalue weighted by Crippen LogP contribution is -1.97. The van der Waals surface area contributed by atoms with Crippen molar-refractivity contribution >= 4 is 21.9 Å². The monoisotopic (exact) mass is 306 g/mol. The highest BCUT2D eigenvalue weighted by molar-refractivity contribution is 9.10. The van der Waals surface area contributed by atoms with Crippen LogP contribution in [0.1, 0.15) is 15.9 Å². The van der Waals surface area contributed by atoms with Crippen LogP contribution in [0.15, 0.2) is 46.9 Å². The van der Waals surface area contributed by atoms with Crippen LogP contribution < -0.4 is 4.74 Å². The molecular weight excluding hydrogens is 296 g/mol. The van der Waals surface area contributed by atoms with Gasteiger partial charge in [-0.1, -0.05) is 17.7 Å². The first kappa shape index (κ1) is 12.6. The molecule has 0 bridgehead atoms. The Morgan fingerprint density at radius 3 is 2.28 bits per heavy atom. The fraction of sp³-hybridized carbons (Fsp3) is 0.0714. The Balaban J connectivity index is 2.22. The molecule has 3 nitrogen and oxygen atoms in total. The number of aryl methyl sites for hydroxylation is 1. The molecule has 0 aromatic heterocycles. The van der Waals surface area contributed by atoms with Crippen LogP contribution in [0.2, 0.25) is 0 Å². The molecule has 0 spiro atoms. The van der Waals surface area contributed by atoms with Gasteiger partial charge in [-0.25, -0.2) is 4.79 Å². The third-order valence-corrected chi connectivity index (χ3v) is 3.08. The number of aromatic carboxylic acids is 1. The molecule has 0 saturated heterocycles. The number of carboxylic acid groups (broad SMARTS) is 1. The van der Waals surface area contributed by atoms with Crippen molar-refractivity contribution < 1.29 is 14.6 Å². The second-order valence-corrected chi connectivity index (χ2v) is 4.72. The average molecular weight is 307 g/mol. The molecule has 2 aromatic carbocycles. The number of hydrogen-bond acceptors (Lipinski definition) is 2. The van der Waals surface area contributed by atoms with Gasteiger partial charge in [0.25, 0.3) is 0 Å². The van der Waals surface area contributed by atoms with Crippen LogP contribution in [0.25, 0.3) is 0 Å². The van der Waals surface area contributed by atoms with Crippen LogP contribution in [0, 0.1) is 6.92 Å². The standard InChI is InChI=1S/C14H11BrO3/c1-9-2-4-10(5-3-9)18-11-6-7-12(14(16)17)13(15)8-11/h2-8H,1H3,(H,16,17). The fourth-order valence-corrected chi connectivity index (χ4v) is 2.00. The Hall–Kier alpha value is -1.81. The molecule has 2 rings (SSSR count). The number of ether oxygens (including phenoxy) is 1. The molecule has 0 aliphatic rings. The highest BCUT2D eigenvalue weighted by atomic mass is 79.9. The van der Waals surface area contributed by atoms with Gasteiger partial charge < -0.3 is 9.84 Å². The summed E-state index contributed by atoms with van der Waals surface area (Å²) in [6.45, 7) is 2.00. The normalized spacial score (nSPS) is 10.1. The summed E-state index contributed by atoms with van der Waals surface area (Å²) in [5, 5.41) is 8.91. The summed E-state index contributed by atoms with van der Waals surface area (Å²) in [5.41, 5.74) is 1.37. The van der Waals surface area contributed by atoms with Crippen molar-refractivity contribution in [2.75, 3.05) is 0 Å². The lowest BCUT2D eigenvalue weighted by molar-refractivity contribution is 0.0696. The molecular formula is C14H11BrO3. The summed E-state index contributed by atoms with van der Waals surface area (Å²) in [7, 11) is 0. The van der Waals surface area contributed by atoms with Crippen molar-refractivity contribution in [2.45, 2.75) is 6.92 Å². The first-order valence-electron chi connectivity index (χ1n) is 5.33. The van der Waals surface area contributed by atoms with Gasteiger partial charge in [-0.2, -0.15) is 0 Å². The van der Waals surface area contributed by atoms with Gasteiger partial charge in [0.15, 0.2) is 0 Å². The largest absolute Gasteiger partial charge is 0.478 e. The van der Waals surface area contributed by atoms with E-state index in [1.54, 1.807) is 12.1 Å². The van der Waals surface area contributed by atoms with E-state index in [0.29, 0.717) is 10.2 Å². The minimum absolute atomic E-state index is 0.214. The minimum Gasteiger partial charge on any atom is -0.478 e. The number of rotatable bonds is 3. The van der Waals surface area contributed by atoms with E-state index in [4.69, 9.17) is 9.84 Å². The molecule has 0 aliphatic heterocycles. The molecule has 0 aliphatic carbocycles. The maximum absolute atomic E-state index is 10.9. The van der Waals surface area contributed by atoms with E-state index in [1.807, 2.05) is 31.2 Å². The van der Waals surface area contributed by atoms with Gasteiger partial charge in [0, 0.05) is 4.47 Å². The molecule has 0 atom stereocenters. The molecule has 2 aromatic rings. The SMILES string of the molecule is Cc1ccc(Oc2ccc(C(=O)O)c(Br)c2)cc1. The summed E-state index contributed by atoms with van der Waals surface area (Å²) in [6, 6.07) is 12.4. The number of carbonyl (C=O) groups is 1. The molecule has 92 valence electrons. The smallest absolute Gasteiger partial charge is 0.336 e. The Labute approximate surface area is 113 Å². The Morgan fingerprint density at radius 1 is 1.11 bits per heavy atom. The molecule has 0 amide bonds. The van der Waals surface area contributed by atoms with Gasteiger partial charge in [-0.3, -0.25) is 0 Å². The zero-order chi connectivity index (χ0) is 13.1. The fourth-order valence-electron chi connectivity index (χ4n) is 1.48. The predicted octanol–water partition coefficient (Wildman–Crippen LogP) is 4.25. The van der Waals surface area contributed by atoms with Crippen LogP contribution in [0.3, 0.4) is 0 Å². The highest BCUT2D eigenvalue weighted by Crippen LogP contribution is 2.27. The predicted molar refractivity (Wildman–Crippen MR) is 72.4 cm³/mol. The molecule has 0 heterocycles. The van der Waals surface area contributed by atoms with Crippen LogP contribution in [0.4, 0.5) is 0 Å². The topological polar surface area (TPSA) is 46.5 Å².